The molecule has 5 nitrogen and oxygen atoms in total. The average Bonchev–Trinajstić information content (AvgIpc) is 2.43. The van der Waals surface area contributed by atoms with Gasteiger partial charge in [-0.05, 0) is 26.2 Å². The maximum Gasteiger partial charge on any atom is 0.391 e. The Hall–Kier alpha value is -1.47. The number of carbonyl (C=O) groups is 1. The van der Waals surface area contributed by atoms with Crippen molar-refractivity contribution in [3.8, 4) is 0 Å². The highest BCUT2D eigenvalue weighted by atomic mass is 19.4. The van der Waals surface area contributed by atoms with E-state index in [1.807, 2.05) is 0 Å². The first-order chi connectivity index (χ1) is 9.16. The molecule has 116 valence electrons. The number of rotatable bonds is 3. The smallest absolute Gasteiger partial charge is 0.391 e. The van der Waals surface area contributed by atoms with Crippen LogP contribution in [-0.4, -0.2) is 41.1 Å². The molecule has 1 heterocycles. The Morgan fingerprint density at radius 2 is 1.90 bits per heavy atom. The van der Waals surface area contributed by atoms with Crippen molar-refractivity contribution in [1.82, 2.24) is 4.90 Å². The summed E-state index contributed by atoms with van der Waals surface area (Å²) in [6.07, 6.45) is -4.12. The van der Waals surface area contributed by atoms with Crippen LogP contribution in [0.5, 0.6) is 0 Å². The number of oxime groups is 1. The predicted molar refractivity (Wildman–Crippen MR) is 67.2 cm³/mol. The first-order valence-electron chi connectivity index (χ1n) is 6.51. The second-order valence-corrected chi connectivity index (χ2v) is 5.28. The Morgan fingerprint density at radius 3 is 2.25 bits per heavy atom. The van der Waals surface area contributed by atoms with Crippen molar-refractivity contribution >= 4 is 11.7 Å². The second kappa shape index (κ2) is 5.88. The molecule has 1 amide bonds. The summed E-state index contributed by atoms with van der Waals surface area (Å²) >= 11 is 0. The van der Waals surface area contributed by atoms with Crippen LogP contribution in [0, 0.1) is 11.3 Å². The number of nitrogens with two attached hydrogens (primary N) is 1. The van der Waals surface area contributed by atoms with E-state index >= 15 is 0 Å². The van der Waals surface area contributed by atoms with Gasteiger partial charge in [0.25, 0.3) is 0 Å². The molecule has 0 aromatic carbocycles. The molecule has 0 aliphatic carbocycles. The number of hydrogen-bond donors (Lipinski definition) is 2. The van der Waals surface area contributed by atoms with Gasteiger partial charge in [-0.25, -0.2) is 0 Å². The molecule has 0 radical (unpaired) electrons. The van der Waals surface area contributed by atoms with Crippen molar-refractivity contribution < 1.29 is 23.2 Å². The minimum atomic E-state index is -4.21. The zero-order valence-electron chi connectivity index (χ0n) is 11.6. The highest BCUT2D eigenvalue weighted by Gasteiger charge is 2.45. The highest BCUT2D eigenvalue weighted by molar-refractivity contribution is 6.06. The van der Waals surface area contributed by atoms with E-state index < -0.39 is 23.4 Å². The third-order valence-electron chi connectivity index (χ3n) is 4.10. The quantitative estimate of drug-likeness (QED) is 0.361. The number of alkyl halides is 3. The first kappa shape index (κ1) is 16.6. The second-order valence-electron chi connectivity index (χ2n) is 5.28. The third kappa shape index (κ3) is 3.16. The van der Waals surface area contributed by atoms with Crippen LogP contribution < -0.4 is 5.73 Å². The van der Waals surface area contributed by atoms with Crippen molar-refractivity contribution in [3.63, 3.8) is 0 Å². The molecule has 1 unspecified atom stereocenters. The number of halogens is 3. The van der Waals surface area contributed by atoms with E-state index in [1.165, 1.54) is 11.8 Å². The fraction of sp³-hybridized carbons (Fsp3) is 0.833. The van der Waals surface area contributed by atoms with E-state index in [0.717, 1.165) is 0 Å². The molecule has 1 aliphatic heterocycles. The Bertz CT molecular complexity index is 390. The maximum absolute atomic E-state index is 12.6. The number of hydrogen-bond acceptors (Lipinski definition) is 3. The number of nitrogens with zero attached hydrogens (tertiary/aromatic N) is 2. The van der Waals surface area contributed by atoms with Crippen LogP contribution in [0.25, 0.3) is 0 Å². The summed E-state index contributed by atoms with van der Waals surface area (Å²) in [6.45, 7) is 3.31. The van der Waals surface area contributed by atoms with Gasteiger partial charge in [0, 0.05) is 13.1 Å². The van der Waals surface area contributed by atoms with Gasteiger partial charge in [0.1, 0.15) is 5.41 Å². The SMILES string of the molecule is CCC(C)(C(=O)N1CCC(C(F)(F)F)CC1)C(N)=NO. The van der Waals surface area contributed by atoms with Crippen molar-refractivity contribution in [2.75, 3.05) is 13.1 Å². The molecule has 0 bridgehead atoms. The predicted octanol–water partition coefficient (Wildman–Crippen LogP) is 1.95. The molecule has 1 atom stereocenters. The van der Waals surface area contributed by atoms with Gasteiger partial charge < -0.3 is 15.8 Å². The van der Waals surface area contributed by atoms with E-state index in [-0.39, 0.29) is 31.8 Å². The molecule has 3 N–H and O–H groups in total. The molecule has 0 aromatic rings. The van der Waals surface area contributed by atoms with Gasteiger partial charge >= 0.3 is 6.18 Å². The normalized spacial score (nSPS) is 21.6. The number of amides is 1. The molecule has 1 rings (SSSR count). The van der Waals surface area contributed by atoms with Gasteiger partial charge in [0.2, 0.25) is 5.91 Å². The lowest BCUT2D eigenvalue weighted by atomic mass is 9.83. The van der Waals surface area contributed by atoms with Gasteiger partial charge in [0.05, 0.1) is 5.92 Å². The van der Waals surface area contributed by atoms with Crippen LogP contribution >= 0.6 is 0 Å². The third-order valence-corrected chi connectivity index (χ3v) is 4.10. The molecular weight excluding hydrogens is 275 g/mol. The van der Waals surface area contributed by atoms with Crippen LogP contribution in [0.1, 0.15) is 33.1 Å². The lowest BCUT2D eigenvalue weighted by Gasteiger charge is -2.37. The van der Waals surface area contributed by atoms with Crippen molar-refractivity contribution in [2.45, 2.75) is 39.3 Å². The molecule has 1 fully saturated rings. The van der Waals surface area contributed by atoms with Crippen LogP contribution in [-0.2, 0) is 4.79 Å². The average molecular weight is 295 g/mol. The fourth-order valence-electron chi connectivity index (χ4n) is 2.31. The summed E-state index contributed by atoms with van der Waals surface area (Å²) in [5.41, 5.74) is 4.36. The first-order valence-corrected chi connectivity index (χ1v) is 6.51. The minimum absolute atomic E-state index is 0.0390. The number of likely N-dealkylation sites (tertiary alicyclic amines) is 1. The van der Waals surface area contributed by atoms with E-state index in [4.69, 9.17) is 10.9 Å². The van der Waals surface area contributed by atoms with Crippen molar-refractivity contribution in [2.24, 2.45) is 22.2 Å². The van der Waals surface area contributed by atoms with Gasteiger partial charge in [-0.15, -0.1) is 0 Å². The Balaban J connectivity index is 2.76. The molecule has 0 saturated carbocycles. The van der Waals surface area contributed by atoms with Gasteiger partial charge in [-0.2, -0.15) is 13.2 Å². The lowest BCUT2D eigenvalue weighted by molar-refractivity contribution is -0.187. The Labute approximate surface area is 115 Å². The van der Waals surface area contributed by atoms with E-state index in [9.17, 15) is 18.0 Å². The summed E-state index contributed by atoms with van der Waals surface area (Å²) in [7, 11) is 0. The number of piperidine rings is 1. The summed E-state index contributed by atoms with van der Waals surface area (Å²) in [5.74, 6) is -1.97. The Morgan fingerprint density at radius 1 is 1.40 bits per heavy atom. The van der Waals surface area contributed by atoms with E-state index in [1.54, 1.807) is 6.92 Å². The van der Waals surface area contributed by atoms with Crippen LogP contribution in [0.4, 0.5) is 13.2 Å². The summed E-state index contributed by atoms with van der Waals surface area (Å²) in [4.78, 5) is 13.7. The summed E-state index contributed by atoms with van der Waals surface area (Å²) in [5, 5.41) is 11.6. The minimum Gasteiger partial charge on any atom is -0.409 e. The molecule has 8 heteroatoms. The molecule has 0 spiro atoms. The van der Waals surface area contributed by atoms with E-state index in [2.05, 4.69) is 5.16 Å². The summed E-state index contributed by atoms with van der Waals surface area (Å²) in [6, 6.07) is 0. The zero-order chi connectivity index (χ0) is 15.6. The molecule has 1 aliphatic rings. The Kier molecular flexibility index (Phi) is 4.88. The standard InChI is InChI=1S/C12H20F3N3O2/c1-3-11(2,9(16)17-20)10(19)18-6-4-8(5-7-18)12(13,14)15/h8,20H,3-7H2,1-2H3,(H2,16,17). The monoisotopic (exact) mass is 295 g/mol. The highest BCUT2D eigenvalue weighted by Crippen LogP contribution is 2.35. The molecule has 1 saturated heterocycles. The van der Waals surface area contributed by atoms with Crippen molar-refractivity contribution in [1.29, 1.82) is 0 Å². The topological polar surface area (TPSA) is 78.9 Å². The molecular formula is C12H20F3N3O2. The van der Waals surface area contributed by atoms with Gasteiger partial charge in [-0.3, -0.25) is 4.79 Å². The van der Waals surface area contributed by atoms with Crippen molar-refractivity contribution in [3.05, 3.63) is 0 Å². The summed E-state index contributed by atoms with van der Waals surface area (Å²) < 4.78 is 37.7. The van der Waals surface area contributed by atoms with Crippen LogP contribution in [0.2, 0.25) is 0 Å². The lowest BCUT2D eigenvalue weighted by Crippen LogP contribution is -2.52. The number of amidine groups is 1. The maximum atomic E-state index is 12.6. The fourth-order valence-corrected chi connectivity index (χ4v) is 2.31. The largest absolute Gasteiger partial charge is 0.409 e. The van der Waals surface area contributed by atoms with Gasteiger partial charge in [0.15, 0.2) is 5.84 Å². The van der Waals surface area contributed by atoms with Crippen LogP contribution in [0.15, 0.2) is 5.16 Å². The number of carbonyl (C=O) groups excluding carboxylic acids is 1. The van der Waals surface area contributed by atoms with E-state index in [0.29, 0.717) is 6.42 Å². The van der Waals surface area contributed by atoms with Crippen LogP contribution in [0.3, 0.4) is 0 Å². The zero-order valence-corrected chi connectivity index (χ0v) is 11.6. The molecule has 20 heavy (non-hydrogen) atoms. The molecule has 0 aromatic heterocycles. The van der Waals surface area contributed by atoms with Gasteiger partial charge in [-0.1, -0.05) is 12.1 Å².